The Kier molecular flexibility index (Phi) is 7.24. The second kappa shape index (κ2) is 10.1. The predicted molar refractivity (Wildman–Crippen MR) is 129 cm³/mol. The first-order valence-electron chi connectivity index (χ1n) is 11.7. The van der Waals surface area contributed by atoms with E-state index in [-0.39, 0.29) is 12.0 Å². The van der Waals surface area contributed by atoms with Crippen molar-refractivity contribution < 1.29 is 17.9 Å². The lowest BCUT2D eigenvalue weighted by Gasteiger charge is -2.37. The average molecular weight is 472 g/mol. The van der Waals surface area contributed by atoms with Crippen molar-refractivity contribution in [3.8, 4) is 5.75 Å². The van der Waals surface area contributed by atoms with Crippen LogP contribution in [0.25, 0.3) is 0 Å². The van der Waals surface area contributed by atoms with Crippen molar-refractivity contribution in [2.24, 2.45) is 0 Å². The molecule has 0 aliphatic carbocycles. The molecule has 0 radical (unpaired) electrons. The highest BCUT2D eigenvalue weighted by molar-refractivity contribution is 7.89. The third-order valence-electron chi connectivity index (χ3n) is 6.46. The van der Waals surface area contributed by atoms with Gasteiger partial charge in [0.05, 0.1) is 23.7 Å². The van der Waals surface area contributed by atoms with Crippen LogP contribution >= 0.6 is 0 Å². The molecule has 0 spiro atoms. The Bertz CT molecular complexity index is 1070. The second-order valence-corrected chi connectivity index (χ2v) is 10.7. The standard InChI is InChI=1S/C25H33N3O4S/c1-3-27-19-21(32-24-9-5-4-8-23(24)27)18-26(2)25(29)15-12-20-10-13-22(14-11-20)33(30,31)28-16-6-7-17-28/h4-5,8-11,13-14,21H,3,6-7,12,15-19H2,1-2H3/t21-/m0/s1. The van der Waals surface area contributed by atoms with E-state index >= 15 is 0 Å². The summed E-state index contributed by atoms with van der Waals surface area (Å²) in [5, 5.41) is 0. The summed E-state index contributed by atoms with van der Waals surface area (Å²) in [6.07, 6.45) is 2.70. The topological polar surface area (TPSA) is 70.2 Å². The lowest BCUT2D eigenvalue weighted by atomic mass is 10.1. The summed E-state index contributed by atoms with van der Waals surface area (Å²) in [6.45, 7) is 5.47. The molecular formula is C25H33N3O4S. The number of amides is 1. The zero-order chi connectivity index (χ0) is 23.4. The van der Waals surface area contributed by atoms with Gasteiger partial charge < -0.3 is 14.5 Å². The van der Waals surface area contributed by atoms with Crippen LogP contribution in [0.2, 0.25) is 0 Å². The summed E-state index contributed by atoms with van der Waals surface area (Å²) < 4.78 is 33.0. The Labute approximate surface area is 197 Å². The largest absolute Gasteiger partial charge is 0.485 e. The number of likely N-dealkylation sites (N-methyl/N-ethyl adjacent to an activating group) is 2. The van der Waals surface area contributed by atoms with E-state index in [1.165, 1.54) is 0 Å². The van der Waals surface area contributed by atoms with E-state index in [4.69, 9.17) is 4.74 Å². The fourth-order valence-electron chi connectivity index (χ4n) is 4.53. The number of nitrogens with zero attached hydrogens (tertiary/aromatic N) is 3. The van der Waals surface area contributed by atoms with Crippen LogP contribution in [0.15, 0.2) is 53.4 Å². The van der Waals surface area contributed by atoms with E-state index in [0.29, 0.717) is 37.4 Å². The first-order chi connectivity index (χ1) is 15.9. The van der Waals surface area contributed by atoms with E-state index in [1.807, 2.05) is 37.4 Å². The third kappa shape index (κ3) is 5.33. The Balaban J connectivity index is 1.30. The van der Waals surface area contributed by atoms with Gasteiger partial charge in [0.2, 0.25) is 15.9 Å². The zero-order valence-electron chi connectivity index (χ0n) is 19.4. The molecule has 1 amide bonds. The maximum absolute atomic E-state index is 12.7. The van der Waals surface area contributed by atoms with Gasteiger partial charge >= 0.3 is 0 Å². The summed E-state index contributed by atoms with van der Waals surface area (Å²) in [5.41, 5.74) is 2.05. The van der Waals surface area contributed by atoms with E-state index in [9.17, 15) is 13.2 Å². The highest BCUT2D eigenvalue weighted by Gasteiger charge is 2.28. The van der Waals surface area contributed by atoms with Crippen molar-refractivity contribution in [2.75, 3.05) is 44.7 Å². The van der Waals surface area contributed by atoms with Crippen molar-refractivity contribution >= 4 is 21.6 Å². The lowest BCUT2D eigenvalue weighted by molar-refractivity contribution is -0.130. The number of rotatable bonds is 8. The maximum Gasteiger partial charge on any atom is 0.243 e. The molecule has 1 atom stereocenters. The first kappa shape index (κ1) is 23.6. The van der Waals surface area contributed by atoms with Gasteiger partial charge in [0, 0.05) is 33.1 Å². The molecule has 1 saturated heterocycles. The minimum atomic E-state index is -3.40. The van der Waals surface area contributed by atoms with Crippen molar-refractivity contribution in [2.45, 2.75) is 43.6 Å². The van der Waals surface area contributed by atoms with Crippen LogP contribution in [0.1, 0.15) is 31.7 Å². The normalized spacial score (nSPS) is 18.6. The molecule has 0 bridgehead atoms. The molecule has 8 heteroatoms. The lowest BCUT2D eigenvalue weighted by Crippen LogP contribution is -2.46. The van der Waals surface area contributed by atoms with Crippen LogP contribution in [0.3, 0.4) is 0 Å². The van der Waals surface area contributed by atoms with Crippen LogP contribution in [-0.4, -0.2) is 69.4 Å². The fraction of sp³-hybridized carbons (Fsp3) is 0.480. The van der Waals surface area contributed by atoms with Gasteiger partial charge in [0.15, 0.2) is 0 Å². The summed E-state index contributed by atoms with van der Waals surface area (Å²) in [6, 6.07) is 15.0. The number of hydrogen-bond donors (Lipinski definition) is 0. The van der Waals surface area contributed by atoms with Crippen LogP contribution in [-0.2, 0) is 21.2 Å². The summed E-state index contributed by atoms with van der Waals surface area (Å²) >= 11 is 0. The molecular weight excluding hydrogens is 438 g/mol. The number of sulfonamides is 1. The first-order valence-corrected chi connectivity index (χ1v) is 13.2. The summed E-state index contributed by atoms with van der Waals surface area (Å²) in [5.74, 6) is 0.912. The molecule has 0 saturated carbocycles. The van der Waals surface area contributed by atoms with Gasteiger partial charge in [-0.05, 0) is 56.0 Å². The molecule has 2 aliphatic heterocycles. The Hall–Kier alpha value is -2.58. The predicted octanol–water partition coefficient (Wildman–Crippen LogP) is 3.15. The Morgan fingerprint density at radius 2 is 1.79 bits per heavy atom. The van der Waals surface area contributed by atoms with Crippen LogP contribution in [0.4, 0.5) is 5.69 Å². The highest BCUT2D eigenvalue weighted by atomic mass is 32.2. The quantitative estimate of drug-likeness (QED) is 0.592. The number of anilines is 1. The number of hydrogen-bond acceptors (Lipinski definition) is 5. The van der Waals surface area contributed by atoms with Crippen LogP contribution in [0.5, 0.6) is 5.75 Å². The van der Waals surface area contributed by atoms with Gasteiger partial charge in [-0.1, -0.05) is 24.3 Å². The molecule has 7 nitrogen and oxygen atoms in total. The number of para-hydroxylation sites is 2. The fourth-order valence-corrected chi connectivity index (χ4v) is 6.05. The molecule has 2 heterocycles. The van der Waals surface area contributed by atoms with Crippen LogP contribution in [0, 0.1) is 0 Å². The van der Waals surface area contributed by atoms with Gasteiger partial charge in [-0.2, -0.15) is 4.31 Å². The molecule has 2 aliphatic rings. The van der Waals surface area contributed by atoms with E-state index < -0.39 is 10.0 Å². The van der Waals surface area contributed by atoms with E-state index in [2.05, 4.69) is 17.9 Å². The number of carbonyl (C=O) groups excluding carboxylic acids is 1. The molecule has 0 N–H and O–H groups in total. The van der Waals surface area contributed by atoms with E-state index in [0.717, 1.165) is 42.9 Å². The molecule has 1 fully saturated rings. The van der Waals surface area contributed by atoms with Crippen molar-refractivity contribution in [1.82, 2.24) is 9.21 Å². The number of carbonyl (C=O) groups is 1. The molecule has 178 valence electrons. The van der Waals surface area contributed by atoms with Gasteiger partial charge in [-0.25, -0.2) is 8.42 Å². The minimum absolute atomic E-state index is 0.0503. The zero-order valence-corrected chi connectivity index (χ0v) is 20.3. The van der Waals surface area contributed by atoms with Crippen molar-refractivity contribution in [1.29, 1.82) is 0 Å². The van der Waals surface area contributed by atoms with Gasteiger partial charge in [-0.3, -0.25) is 4.79 Å². The number of benzene rings is 2. The van der Waals surface area contributed by atoms with Gasteiger partial charge in [0.1, 0.15) is 11.9 Å². The van der Waals surface area contributed by atoms with E-state index in [1.54, 1.807) is 21.3 Å². The monoisotopic (exact) mass is 471 g/mol. The summed E-state index contributed by atoms with van der Waals surface area (Å²) in [7, 11) is -1.59. The molecule has 0 unspecified atom stereocenters. The third-order valence-corrected chi connectivity index (χ3v) is 8.38. The Morgan fingerprint density at radius 3 is 2.48 bits per heavy atom. The number of fused-ring (bicyclic) bond motifs is 1. The van der Waals surface area contributed by atoms with Crippen LogP contribution < -0.4 is 9.64 Å². The SMILES string of the molecule is CCN1C[C@H](CN(C)C(=O)CCc2ccc(S(=O)(=O)N3CCCC3)cc2)Oc2ccccc21. The Morgan fingerprint density at radius 1 is 1.09 bits per heavy atom. The number of aryl methyl sites for hydroxylation is 1. The second-order valence-electron chi connectivity index (χ2n) is 8.78. The highest BCUT2D eigenvalue weighted by Crippen LogP contribution is 2.33. The molecule has 4 rings (SSSR count). The van der Waals surface area contributed by atoms with Gasteiger partial charge in [0.25, 0.3) is 0 Å². The molecule has 33 heavy (non-hydrogen) atoms. The average Bonchev–Trinajstić information content (AvgIpc) is 3.38. The smallest absolute Gasteiger partial charge is 0.243 e. The van der Waals surface area contributed by atoms with Crippen molar-refractivity contribution in [3.05, 3.63) is 54.1 Å². The summed E-state index contributed by atoms with van der Waals surface area (Å²) in [4.78, 5) is 17.1. The molecule has 2 aromatic carbocycles. The molecule has 0 aromatic heterocycles. The maximum atomic E-state index is 12.7. The van der Waals surface area contributed by atoms with Crippen molar-refractivity contribution in [3.63, 3.8) is 0 Å². The molecule has 2 aromatic rings. The number of ether oxygens (including phenoxy) is 1. The minimum Gasteiger partial charge on any atom is -0.485 e. The van der Waals surface area contributed by atoms with Gasteiger partial charge in [-0.15, -0.1) is 0 Å².